The van der Waals surface area contributed by atoms with Crippen molar-refractivity contribution < 1.29 is 4.74 Å². The van der Waals surface area contributed by atoms with Crippen LogP contribution >= 0.6 is 11.3 Å². The number of aryl methyl sites for hydroxylation is 1. The average Bonchev–Trinajstić information content (AvgIpc) is 2.73. The van der Waals surface area contributed by atoms with Crippen LogP contribution in [0, 0.1) is 6.92 Å². The standard InChI is InChI=1S/C12H12N2OS/c1-9-13-14-12(16-9)8-7-10-5-3-4-6-11(10)15-2/h3-8H,1-2H3/b8-7+. The van der Waals surface area contributed by atoms with Gasteiger partial charge < -0.3 is 4.74 Å². The molecule has 0 unspecified atom stereocenters. The molecule has 2 rings (SSSR count). The Hall–Kier alpha value is -1.68. The summed E-state index contributed by atoms with van der Waals surface area (Å²) in [4.78, 5) is 0. The van der Waals surface area contributed by atoms with Gasteiger partial charge in [-0.05, 0) is 25.1 Å². The first-order chi connectivity index (χ1) is 7.79. The molecule has 0 atom stereocenters. The molecule has 0 spiro atoms. The van der Waals surface area contributed by atoms with Gasteiger partial charge in [-0.15, -0.1) is 10.2 Å². The third-order valence-corrected chi connectivity index (χ3v) is 2.89. The van der Waals surface area contributed by atoms with Crippen molar-refractivity contribution in [2.45, 2.75) is 6.92 Å². The zero-order valence-corrected chi connectivity index (χ0v) is 9.99. The van der Waals surface area contributed by atoms with Crippen molar-refractivity contribution in [2.75, 3.05) is 7.11 Å². The first-order valence-corrected chi connectivity index (χ1v) is 5.72. The number of methoxy groups -OCH3 is 1. The Morgan fingerprint density at radius 2 is 2.00 bits per heavy atom. The first-order valence-electron chi connectivity index (χ1n) is 4.91. The van der Waals surface area contributed by atoms with Crippen LogP contribution < -0.4 is 4.74 Å². The molecule has 0 amide bonds. The first kappa shape index (κ1) is 10.8. The summed E-state index contributed by atoms with van der Waals surface area (Å²) in [5.41, 5.74) is 1.04. The van der Waals surface area contributed by atoms with E-state index >= 15 is 0 Å². The lowest BCUT2D eigenvalue weighted by molar-refractivity contribution is 0.414. The largest absolute Gasteiger partial charge is 0.496 e. The lowest BCUT2D eigenvalue weighted by Crippen LogP contribution is -1.85. The van der Waals surface area contributed by atoms with E-state index in [1.165, 1.54) is 0 Å². The molecule has 4 heteroatoms. The Morgan fingerprint density at radius 3 is 2.69 bits per heavy atom. The van der Waals surface area contributed by atoms with Crippen LogP contribution in [0.1, 0.15) is 15.6 Å². The van der Waals surface area contributed by atoms with Crippen LogP contribution in [0.5, 0.6) is 5.75 Å². The summed E-state index contributed by atoms with van der Waals surface area (Å²) in [5.74, 6) is 0.861. The average molecular weight is 232 g/mol. The van der Waals surface area contributed by atoms with E-state index in [0.717, 1.165) is 21.3 Å². The summed E-state index contributed by atoms with van der Waals surface area (Å²) in [6.07, 6.45) is 3.93. The Bertz CT molecular complexity index is 505. The van der Waals surface area contributed by atoms with Gasteiger partial charge in [0.1, 0.15) is 15.8 Å². The topological polar surface area (TPSA) is 35.0 Å². The van der Waals surface area contributed by atoms with Gasteiger partial charge in [0.2, 0.25) is 0 Å². The van der Waals surface area contributed by atoms with E-state index in [-0.39, 0.29) is 0 Å². The maximum Gasteiger partial charge on any atom is 0.140 e. The van der Waals surface area contributed by atoms with Crippen molar-refractivity contribution in [2.24, 2.45) is 0 Å². The molecule has 0 aliphatic heterocycles. The van der Waals surface area contributed by atoms with Crippen LogP contribution in [0.3, 0.4) is 0 Å². The monoisotopic (exact) mass is 232 g/mol. The van der Waals surface area contributed by atoms with Gasteiger partial charge in [-0.25, -0.2) is 0 Å². The van der Waals surface area contributed by atoms with E-state index in [2.05, 4.69) is 10.2 Å². The maximum absolute atomic E-state index is 5.26. The van der Waals surface area contributed by atoms with E-state index < -0.39 is 0 Å². The Balaban J connectivity index is 2.23. The molecule has 0 saturated carbocycles. The number of rotatable bonds is 3. The number of para-hydroxylation sites is 1. The maximum atomic E-state index is 5.26. The van der Waals surface area contributed by atoms with Gasteiger partial charge in [-0.2, -0.15) is 0 Å². The number of hydrogen-bond donors (Lipinski definition) is 0. The molecule has 82 valence electrons. The quantitative estimate of drug-likeness (QED) is 0.816. The summed E-state index contributed by atoms with van der Waals surface area (Å²) in [7, 11) is 1.67. The van der Waals surface area contributed by atoms with Gasteiger partial charge in [-0.3, -0.25) is 0 Å². The van der Waals surface area contributed by atoms with E-state index in [4.69, 9.17) is 4.74 Å². The van der Waals surface area contributed by atoms with Crippen molar-refractivity contribution in [1.29, 1.82) is 0 Å². The highest BCUT2D eigenvalue weighted by molar-refractivity contribution is 7.12. The van der Waals surface area contributed by atoms with Crippen LogP contribution in [0.15, 0.2) is 24.3 Å². The van der Waals surface area contributed by atoms with Crippen molar-refractivity contribution in [3.8, 4) is 5.75 Å². The third kappa shape index (κ3) is 2.46. The SMILES string of the molecule is COc1ccccc1/C=C/c1nnc(C)s1. The highest BCUT2D eigenvalue weighted by Crippen LogP contribution is 2.20. The summed E-state index contributed by atoms with van der Waals surface area (Å²) < 4.78 is 5.26. The van der Waals surface area contributed by atoms with Gasteiger partial charge in [0.15, 0.2) is 0 Å². The lowest BCUT2D eigenvalue weighted by Gasteiger charge is -2.02. The van der Waals surface area contributed by atoms with E-state index in [1.54, 1.807) is 18.4 Å². The molecule has 0 bridgehead atoms. The smallest absolute Gasteiger partial charge is 0.140 e. The summed E-state index contributed by atoms with van der Waals surface area (Å²) >= 11 is 1.57. The van der Waals surface area contributed by atoms with Crippen LogP contribution in [0.25, 0.3) is 12.2 Å². The van der Waals surface area contributed by atoms with Gasteiger partial charge >= 0.3 is 0 Å². The highest BCUT2D eigenvalue weighted by atomic mass is 32.1. The van der Waals surface area contributed by atoms with Crippen LogP contribution in [0.2, 0.25) is 0 Å². The van der Waals surface area contributed by atoms with Crippen molar-refractivity contribution in [3.05, 3.63) is 39.8 Å². The molecule has 0 saturated heterocycles. The molecular weight excluding hydrogens is 220 g/mol. The minimum atomic E-state index is 0.861. The fourth-order valence-electron chi connectivity index (χ4n) is 1.34. The summed E-state index contributed by atoms with van der Waals surface area (Å²) in [5, 5.41) is 9.86. The zero-order chi connectivity index (χ0) is 11.4. The highest BCUT2D eigenvalue weighted by Gasteiger charge is 1.98. The van der Waals surface area contributed by atoms with Crippen molar-refractivity contribution in [1.82, 2.24) is 10.2 Å². The van der Waals surface area contributed by atoms with Crippen molar-refractivity contribution in [3.63, 3.8) is 0 Å². The summed E-state index contributed by atoms with van der Waals surface area (Å²) in [6, 6.07) is 7.87. The second-order valence-corrected chi connectivity index (χ2v) is 4.45. The summed E-state index contributed by atoms with van der Waals surface area (Å²) in [6.45, 7) is 1.94. The molecule has 3 nitrogen and oxygen atoms in total. The molecule has 2 aromatic rings. The third-order valence-electron chi connectivity index (χ3n) is 2.09. The molecule has 0 N–H and O–H groups in total. The molecular formula is C12H12N2OS. The molecule has 0 aliphatic rings. The Labute approximate surface area is 98.4 Å². The minimum Gasteiger partial charge on any atom is -0.496 e. The predicted molar refractivity (Wildman–Crippen MR) is 66.6 cm³/mol. The number of hydrogen-bond acceptors (Lipinski definition) is 4. The number of ether oxygens (including phenoxy) is 1. The van der Waals surface area contributed by atoms with Crippen LogP contribution in [0.4, 0.5) is 0 Å². The second-order valence-electron chi connectivity index (χ2n) is 3.23. The van der Waals surface area contributed by atoms with Gasteiger partial charge in [0, 0.05) is 5.56 Å². The normalized spacial score (nSPS) is 10.9. The number of aromatic nitrogens is 2. The minimum absolute atomic E-state index is 0.861. The van der Waals surface area contributed by atoms with Crippen LogP contribution in [-0.4, -0.2) is 17.3 Å². The van der Waals surface area contributed by atoms with E-state index in [0.29, 0.717) is 0 Å². The Morgan fingerprint density at radius 1 is 1.19 bits per heavy atom. The second kappa shape index (κ2) is 4.90. The fraction of sp³-hybridized carbons (Fsp3) is 0.167. The van der Waals surface area contributed by atoms with E-state index in [1.807, 2.05) is 43.3 Å². The lowest BCUT2D eigenvalue weighted by atomic mass is 10.2. The predicted octanol–water partition coefficient (Wildman–Crippen LogP) is 3.03. The van der Waals surface area contributed by atoms with Crippen LogP contribution in [-0.2, 0) is 0 Å². The molecule has 0 aliphatic carbocycles. The molecule has 0 fully saturated rings. The molecule has 1 heterocycles. The molecule has 1 aromatic carbocycles. The van der Waals surface area contributed by atoms with Gasteiger partial charge in [0.05, 0.1) is 7.11 Å². The molecule has 0 radical (unpaired) electrons. The van der Waals surface area contributed by atoms with Gasteiger partial charge in [-0.1, -0.05) is 29.5 Å². The zero-order valence-electron chi connectivity index (χ0n) is 9.18. The number of nitrogens with zero attached hydrogens (tertiary/aromatic N) is 2. The fourth-order valence-corrected chi connectivity index (χ4v) is 1.95. The van der Waals surface area contributed by atoms with Gasteiger partial charge in [0.25, 0.3) is 0 Å². The Kier molecular flexibility index (Phi) is 3.31. The van der Waals surface area contributed by atoms with E-state index in [9.17, 15) is 0 Å². The molecule has 16 heavy (non-hydrogen) atoms. The van der Waals surface area contributed by atoms with Crippen molar-refractivity contribution >= 4 is 23.5 Å². The molecule has 1 aromatic heterocycles. The number of benzene rings is 1.